The molecule has 0 radical (unpaired) electrons. The highest BCUT2D eigenvalue weighted by atomic mass is 79.9. The van der Waals surface area contributed by atoms with E-state index in [0.29, 0.717) is 0 Å². The van der Waals surface area contributed by atoms with Crippen LogP contribution in [0.2, 0.25) is 0 Å². The maximum Gasteiger partial charge on any atom is 0.101 e. The molecule has 0 bridgehead atoms. The molecule has 0 aromatic heterocycles. The van der Waals surface area contributed by atoms with Crippen LogP contribution in [-0.2, 0) is 5.33 Å². The van der Waals surface area contributed by atoms with Crippen molar-refractivity contribution in [3.05, 3.63) is 29.3 Å². The third-order valence-electron chi connectivity index (χ3n) is 3.24. The van der Waals surface area contributed by atoms with Crippen LogP contribution in [0.3, 0.4) is 0 Å². The topological polar surface area (TPSA) is 27.0 Å². The van der Waals surface area contributed by atoms with Crippen LogP contribution in [0.5, 0.6) is 0 Å². The summed E-state index contributed by atoms with van der Waals surface area (Å²) in [5, 5.41) is 10.1. The Morgan fingerprint density at radius 3 is 2.26 bits per heavy atom. The molecule has 0 fully saturated rings. The van der Waals surface area contributed by atoms with Gasteiger partial charge in [-0.1, -0.05) is 48.7 Å². The van der Waals surface area contributed by atoms with Crippen molar-refractivity contribution in [2.75, 3.05) is 18.0 Å². The van der Waals surface area contributed by atoms with Gasteiger partial charge in [-0.2, -0.15) is 5.26 Å². The fourth-order valence-electron chi connectivity index (χ4n) is 2.08. The molecule has 0 aliphatic heterocycles. The Morgan fingerprint density at radius 2 is 1.79 bits per heavy atom. The summed E-state index contributed by atoms with van der Waals surface area (Å²) in [4.78, 5) is 2.36. The van der Waals surface area contributed by atoms with Crippen LogP contribution >= 0.6 is 15.9 Å². The molecule has 0 saturated heterocycles. The summed E-state index contributed by atoms with van der Waals surface area (Å²) in [6.07, 6.45) is 4.72. The summed E-state index contributed by atoms with van der Waals surface area (Å²) in [5.41, 5.74) is 3.05. The quantitative estimate of drug-likeness (QED) is 0.639. The van der Waals surface area contributed by atoms with Crippen molar-refractivity contribution in [1.29, 1.82) is 5.26 Å². The molecule has 0 atom stereocenters. The van der Waals surface area contributed by atoms with Crippen molar-refractivity contribution in [3.8, 4) is 6.07 Å². The lowest BCUT2D eigenvalue weighted by molar-refractivity contribution is 0.677. The maximum atomic E-state index is 9.35. The van der Waals surface area contributed by atoms with E-state index in [2.05, 4.69) is 52.9 Å². The SMILES string of the molecule is CCCCN(CCCC)c1ccc(CBr)cc1C#N. The minimum absolute atomic E-state index is 0.796. The smallest absolute Gasteiger partial charge is 0.101 e. The van der Waals surface area contributed by atoms with Gasteiger partial charge < -0.3 is 4.90 Å². The number of nitrogens with zero attached hydrogens (tertiary/aromatic N) is 2. The van der Waals surface area contributed by atoms with Crippen LogP contribution in [0.15, 0.2) is 18.2 Å². The van der Waals surface area contributed by atoms with Crippen molar-refractivity contribution in [1.82, 2.24) is 0 Å². The second-order valence-corrected chi connectivity index (χ2v) is 5.35. The number of halogens is 1. The molecule has 1 aromatic rings. The van der Waals surface area contributed by atoms with E-state index in [1.54, 1.807) is 0 Å². The van der Waals surface area contributed by atoms with Crippen molar-refractivity contribution >= 4 is 21.6 Å². The Morgan fingerprint density at radius 1 is 1.16 bits per heavy atom. The average Bonchev–Trinajstić information content (AvgIpc) is 2.47. The highest BCUT2D eigenvalue weighted by Crippen LogP contribution is 2.23. The largest absolute Gasteiger partial charge is 0.370 e. The first-order chi connectivity index (χ1) is 9.26. The maximum absolute atomic E-state index is 9.35. The number of nitriles is 1. The van der Waals surface area contributed by atoms with Gasteiger partial charge in [0.2, 0.25) is 0 Å². The van der Waals surface area contributed by atoms with Crippen LogP contribution in [-0.4, -0.2) is 13.1 Å². The second-order valence-electron chi connectivity index (χ2n) is 4.79. The molecule has 0 unspecified atom stereocenters. The van der Waals surface area contributed by atoms with Crippen molar-refractivity contribution in [2.45, 2.75) is 44.9 Å². The van der Waals surface area contributed by atoms with Gasteiger partial charge in [0.1, 0.15) is 6.07 Å². The monoisotopic (exact) mass is 322 g/mol. The molecule has 3 heteroatoms. The van der Waals surface area contributed by atoms with E-state index in [1.807, 2.05) is 6.07 Å². The van der Waals surface area contributed by atoms with E-state index in [4.69, 9.17) is 0 Å². The van der Waals surface area contributed by atoms with Gasteiger partial charge in [0.25, 0.3) is 0 Å². The molecular formula is C16H23BrN2. The van der Waals surface area contributed by atoms with Gasteiger partial charge in [-0.3, -0.25) is 0 Å². The van der Waals surface area contributed by atoms with Gasteiger partial charge >= 0.3 is 0 Å². The minimum Gasteiger partial charge on any atom is -0.370 e. The van der Waals surface area contributed by atoms with Gasteiger partial charge in [0, 0.05) is 18.4 Å². The molecule has 104 valence electrons. The average molecular weight is 323 g/mol. The lowest BCUT2D eigenvalue weighted by atomic mass is 10.1. The fourth-order valence-corrected chi connectivity index (χ4v) is 2.43. The zero-order chi connectivity index (χ0) is 14.1. The predicted molar refractivity (Wildman–Crippen MR) is 85.8 cm³/mol. The van der Waals surface area contributed by atoms with E-state index in [0.717, 1.165) is 35.2 Å². The lowest BCUT2D eigenvalue weighted by Gasteiger charge is -2.26. The molecule has 0 N–H and O–H groups in total. The van der Waals surface area contributed by atoms with E-state index >= 15 is 0 Å². The molecule has 1 aromatic carbocycles. The highest BCUT2D eigenvalue weighted by molar-refractivity contribution is 9.08. The first kappa shape index (κ1) is 16.0. The zero-order valence-corrected chi connectivity index (χ0v) is 13.5. The number of alkyl halides is 1. The molecule has 0 aliphatic carbocycles. The van der Waals surface area contributed by atoms with Crippen molar-refractivity contribution in [2.24, 2.45) is 0 Å². The fraction of sp³-hybridized carbons (Fsp3) is 0.562. The van der Waals surface area contributed by atoms with Crippen LogP contribution in [0.25, 0.3) is 0 Å². The number of benzene rings is 1. The molecule has 19 heavy (non-hydrogen) atoms. The number of rotatable bonds is 8. The van der Waals surface area contributed by atoms with Crippen molar-refractivity contribution < 1.29 is 0 Å². The molecule has 0 saturated carbocycles. The van der Waals surface area contributed by atoms with Gasteiger partial charge in [-0.05, 0) is 30.5 Å². The molecule has 1 rings (SSSR count). The second kappa shape index (κ2) is 8.98. The Labute approximate surface area is 125 Å². The number of anilines is 1. The number of hydrogen-bond acceptors (Lipinski definition) is 2. The van der Waals surface area contributed by atoms with Crippen LogP contribution in [0.4, 0.5) is 5.69 Å². The van der Waals surface area contributed by atoms with E-state index in [-0.39, 0.29) is 0 Å². The highest BCUT2D eigenvalue weighted by Gasteiger charge is 2.11. The summed E-state index contributed by atoms with van der Waals surface area (Å²) in [6, 6.07) is 8.54. The zero-order valence-electron chi connectivity index (χ0n) is 12.0. The summed E-state index contributed by atoms with van der Waals surface area (Å²) in [7, 11) is 0. The number of unbranched alkanes of at least 4 members (excludes halogenated alkanes) is 2. The third kappa shape index (κ3) is 4.87. The Hall–Kier alpha value is -1.01. The van der Waals surface area contributed by atoms with Crippen LogP contribution < -0.4 is 4.90 Å². The van der Waals surface area contributed by atoms with E-state index in [1.165, 1.54) is 25.7 Å². The standard InChI is InChI=1S/C16H23BrN2/c1-3-5-9-19(10-6-4-2)16-8-7-14(12-17)11-15(16)13-18/h7-8,11H,3-6,9-10,12H2,1-2H3. The summed E-state index contributed by atoms with van der Waals surface area (Å²) < 4.78 is 0. The summed E-state index contributed by atoms with van der Waals surface area (Å²) in [6.45, 7) is 6.49. The first-order valence-electron chi connectivity index (χ1n) is 7.10. The van der Waals surface area contributed by atoms with Gasteiger partial charge in [0.05, 0.1) is 11.3 Å². The first-order valence-corrected chi connectivity index (χ1v) is 8.22. The van der Waals surface area contributed by atoms with Crippen molar-refractivity contribution in [3.63, 3.8) is 0 Å². The van der Waals surface area contributed by atoms with Crippen LogP contribution in [0.1, 0.15) is 50.7 Å². The van der Waals surface area contributed by atoms with Gasteiger partial charge in [-0.15, -0.1) is 0 Å². The summed E-state index contributed by atoms with van der Waals surface area (Å²) >= 11 is 3.44. The Bertz CT molecular complexity index is 415. The van der Waals surface area contributed by atoms with Gasteiger partial charge in [0.15, 0.2) is 0 Å². The van der Waals surface area contributed by atoms with E-state index in [9.17, 15) is 5.26 Å². The predicted octanol–water partition coefficient (Wildman–Crippen LogP) is 4.86. The Kier molecular flexibility index (Phi) is 7.59. The van der Waals surface area contributed by atoms with E-state index < -0.39 is 0 Å². The molecule has 2 nitrogen and oxygen atoms in total. The number of hydrogen-bond donors (Lipinski definition) is 0. The third-order valence-corrected chi connectivity index (χ3v) is 3.89. The summed E-state index contributed by atoms with van der Waals surface area (Å²) in [5.74, 6) is 0. The molecule has 0 spiro atoms. The molecule has 0 heterocycles. The molecular weight excluding hydrogens is 300 g/mol. The minimum atomic E-state index is 0.796. The normalized spacial score (nSPS) is 10.2. The molecule has 0 aliphatic rings. The van der Waals surface area contributed by atoms with Gasteiger partial charge in [-0.25, -0.2) is 0 Å². The Balaban J connectivity index is 2.96. The molecule has 0 amide bonds. The van der Waals surface area contributed by atoms with Crippen LogP contribution in [0, 0.1) is 11.3 Å². The lowest BCUT2D eigenvalue weighted by Crippen LogP contribution is -2.26.